The second kappa shape index (κ2) is 5.66. The van der Waals surface area contributed by atoms with Crippen LogP contribution in [0.15, 0.2) is 30.3 Å². The van der Waals surface area contributed by atoms with Crippen molar-refractivity contribution < 1.29 is 4.39 Å². The van der Waals surface area contributed by atoms with Crippen LogP contribution in [0.4, 0.5) is 10.1 Å². The fraction of sp³-hybridized carbons (Fsp3) is 0.333. The van der Waals surface area contributed by atoms with E-state index in [0.29, 0.717) is 5.69 Å². The van der Waals surface area contributed by atoms with E-state index in [1.807, 2.05) is 13.0 Å². The van der Waals surface area contributed by atoms with Gasteiger partial charge in [0.2, 0.25) is 0 Å². The van der Waals surface area contributed by atoms with Crippen LogP contribution < -0.4 is 5.32 Å². The van der Waals surface area contributed by atoms with E-state index in [2.05, 4.69) is 45.1 Å². The molecule has 0 saturated heterocycles. The third-order valence-corrected chi connectivity index (χ3v) is 3.84. The van der Waals surface area contributed by atoms with E-state index in [1.54, 1.807) is 6.07 Å². The fourth-order valence-corrected chi connectivity index (χ4v) is 2.51. The highest BCUT2D eigenvalue weighted by Crippen LogP contribution is 2.26. The van der Waals surface area contributed by atoms with Gasteiger partial charge in [-0.05, 0) is 74.6 Å². The van der Waals surface area contributed by atoms with Crippen LogP contribution in [0.2, 0.25) is 0 Å². The molecule has 0 spiro atoms. The van der Waals surface area contributed by atoms with Crippen molar-refractivity contribution in [3.05, 3.63) is 64.0 Å². The van der Waals surface area contributed by atoms with E-state index in [1.165, 1.54) is 28.3 Å². The second-order valence-electron chi connectivity index (χ2n) is 5.64. The number of halogens is 1. The predicted octanol–water partition coefficient (Wildman–Crippen LogP) is 5.23. The maximum Gasteiger partial charge on any atom is 0.146 e. The van der Waals surface area contributed by atoms with Gasteiger partial charge in [-0.2, -0.15) is 0 Å². The summed E-state index contributed by atoms with van der Waals surface area (Å²) < 4.78 is 13.8. The van der Waals surface area contributed by atoms with Crippen LogP contribution in [-0.2, 0) is 0 Å². The average Bonchev–Trinajstić information content (AvgIpc) is 2.38. The molecule has 1 nitrogen and oxygen atoms in total. The van der Waals surface area contributed by atoms with Crippen molar-refractivity contribution in [3.63, 3.8) is 0 Å². The first-order valence-electron chi connectivity index (χ1n) is 6.99. The van der Waals surface area contributed by atoms with Gasteiger partial charge >= 0.3 is 0 Å². The molecule has 0 aliphatic heterocycles. The standard InChI is InChI=1S/C18H22FN/c1-11-6-7-17(19)18(8-11)20-15(5)16-10-13(3)12(2)9-14(16)4/h6-10,15,20H,1-5H3. The maximum absolute atomic E-state index is 13.8. The highest BCUT2D eigenvalue weighted by atomic mass is 19.1. The van der Waals surface area contributed by atoms with Crippen LogP contribution in [0, 0.1) is 33.5 Å². The van der Waals surface area contributed by atoms with E-state index >= 15 is 0 Å². The zero-order valence-electron chi connectivity index (χ0n) is 12.8. The summed E-state index contributed by atoms with van der Waals surface area (Å²) in [6.45, 7) is 10.4. The van der Waals surface area contributed by atoms with Crippen molar-refractivity contribution in [2.24, 2.45) is 0 Å². The Kier molecular flexibility index (Phi) is 4.12. The Morgan fingerprint density at radius 3 is 2.25 bits per heavy atom. The molecule has 0 aliphatic carbocycles. The molecule has 1 unspecified atom stereocenters. The van der Waals surface area contributed by atoms with Crippen molar-refractivity contribution in [3.8, 4) is 0 Å². The molecule has 2 heteroatoms. The Morgan fingerprint density at radius 1 is 0.900 bits per heavy atom. The van der Waals surface area contributed by atoms with Crippen molar-refractivity contribution >= 4 is 5.69 Å². The van der Waals surface area contributed by atoms with Crippen LogP contribution in [0.3, 0.4) is 0 Å². The largest absolute Gasteiger partial charge is 0.376 e. The molecule has 0 heterocycles. The summed E-state index contributed by atoms with van der Waals surface area (Å²) in [4.78, 5) is 0. The summed E-state index contributed by atoms with van der Waals surface area (Å²) in [5.41, 5.74) is 6.63. The van der Waals surface area contributed by atoms with Crippen molar-refractivity contribution in [2.45, 2.75) is 40.7 Å². The smallest absolute Gasteiger partial charge is 0.146 e. The quantitative estimate of drug-likeness (QED) is 0.805. The number of hydrogen-bond donors (Lipinski definition) is 1. The van der Waals surface area contributed by atoms with Crippen LogP contribution in [0.5, 0.6) is 0 Å². The van der Waals surface area contributed by atoms with E-state index < -0.39 is 0 Å². The summed E-state index contributed by atoms with van der Waals surface area (Å²) in [7, 11) is 0. The maximum atomic E-state index is 13.8. The van der Waals surface area contributed by atoms with Gasteiger partial charge in [-0.3, -0.25) is 0 Å². The molecule has 0 amide bonds. The predicted molar refractivity (Wildman–Crippen MR) is 83.8 cm³/mol. The van der Waals surface area contributed by atoms with Gasteiger partial charge in [0.15, 0.2) is 0 Å². The van der Waals surface area contributed by atoms with Crippen LogP contribution in [0.1, 0.15) is 40.8 Å². The summed E-state index contributed by atoms with van der Waals surface area (Å²) in [5, 5.41) is 3.28. The number of benzene rings is 2. The van der Waals surface area contributed by atoms with E-state index in [-0.39, 0.29) is 11.9 Å². The number of aryl methyl sites for hydroxylation is 4. The monoisotopic (exact) mass is 271 g/mol. The first-order valence-corrected chi connectivity index (χ1v) is 6.99. The van der Waals surface area contributed by atoms with Gasteiger partial charge in [0.05, 0.1) is 5.69 Å². The Hall–Kier alpha value is -1.83. The molecule has 2 aromatic carbocycles. The molecule has 0 fully saturated rings. The Morgan fingerprint density at radius 2 is 1.55 bits per heavy atom. The lowest BCUT2D eigenvalue weighted by molar-refractivity contribution is 0.627. The fourth-order valence-electron chi connectivity index (χ4n) is 2.51. The molecule has 20 heavy (non-hydrogen) atoms. The van der Waals surface area contributed by atoms with Gasteiger partial charge in [-0.25, -0.2) is 4.39 Å². The number of nitrogens with one attached hydrogen (secondary N) is 1. The molecule has 1 atom stereocenters. The lowest BCUT2D eigenvalue weighted by atomic mass is 9.96. The van der Waals surface area contributed by atoms with Crippen molar-refractivity contribution in [1.29, 1.82) is 0 Å². The highest BCUT2D eigenvalue weighted by Gasteiger charge is 2.12. The zero-order chi connectivity index (χ0) is 14.9. The number of hydrogen-bond acceptors (Lipinski definition) is 1. The number of rotatable bonds is 3. The average molecular weight is 271 g/mol. The Balaban J connectivity index is 2.30. The van der Waals surface area contributed by atoms with Crippen molar-refractivity contribution in [2.75, 3.05) is 5.32 Å². The van der Waals surface area contributed by atoms with E-state index in [9.17, 15) is 4.39 Å². The van der Waals surface area contributed by atoms with Gasteiger partial charge in [-0.15, -0.1) is 0 Å². The van der Waals surface area contributed by atoms with Crippen molar-refractivity contribution in [1.82, 2.24) is 0 Å². The van der Waals surface area contributed by atoms with E-state index in [4.69, 9.17) is 0 Å². The van der Waals surface area contributed by atoms with Gasteiger partial charge in [-0.1, -0.05) is 18.2 Å². The van der Waals surface area contributed by atoms with E-state index in [0.717, 1.165) is 5.56 Å². The normalized spacial score (nSPS) is 12.3. The van der Waals surface area contributed by atoms with Gasteiger partial charge in [0.25, 0.3) is 0 Å². The molecule has 0 radical (unpaired) electrons. The molecule has 0 saturated carbocycles. The first kappa shape index (κ1) is 14.6. The zero-order valence-corrected chi connectivity index (χ0v) is 12.8. The molecule has 2 aromatic rings. The third kappa shape index (κ3) is 3.01. The highest BCUT2D eigenvalue weighted by molar-refractivity contribution is 5.50. The lowest BCUT2D eigenvalue weighted by Gasteiger charge is -2.20. The molecule has 106 valence electrons. The molecule has 0 bridgehead atoms. The van der Waals surface area contributed by atoms with Crippen LogP contribution in [-0.4, -0.2) is 0 Å². The molecule has 0 aromatic heterocycles. The molecular weight excluding hydrogens is 249 g/mol. The van der Waals surface area contributed by atoms with Crippen LogP contribution in [0.25, 0.3) is 0 Å². The summed E-state index contributed by atoms with van der Waals surface area (Å²) in [6.07, 6.45) is 0. The minimum Gasteiger partial charge on any atom is -0.376 e. The Bertz CT molecular complexity index is 632. The molecular formula is C18H22FN. The number of anilines is 1. The summed E-state index contributed by atoms with van der Waals surface area (Å²) in [5.74, 6) is -0.205. The van der Waals surface area contributed by atoms with Gasteiger partial charge < -0.3 is 5.32 Å². The summed E-state index contributed by atoms with van der Waals surface area (Å²) >= 11 is 0. The molecule has 0 aliphatic rings. The van der Waals surface area contributed by atoms with Crippen LogP contribution >= 0.6 is 0 Å². The second-order valence-corrected chi connectivity index (χ2v) is 5.64. The lowest BCUT2D eigenvalue weighted by Crippen LogP contribution is -2.10. The van der Waals surface area contributed by atoms with Gasteiger partial charge in [0.1, 0.15) is 5.82 Å². The van der Waals surface area contributed by atoms with Gasteiger partial charge in [0, 0.05) is 6.04 Å². The minimum atomic E-state index is -0.205. The summed E-state index contributed by atoms with van der Waals surface area (Å²) in [6, 6.07) is 9.60. The third-order valence-electron chi connectivity index (χ3n) is 3.84. The SMILES string of the molecule is Cc1ccc(F)c(NC(C)c2cc(C)c(C)cc2C)c1. The first-order chi connectivity index (χ1) is 9.38. The molecule has 1 N–H and O–H groups in total. The molecule has 2 rings (SSSR count). The minimum absolute atomic E-state index is 0.0746. The Labute approximate surface area is 120 Å². The topological polar surface area (TPSA) is 12.0 Å².